The number of nitrogens with two attached hydrogens (primary N) is 1. The summed E-state index contributed by atoms with van der Waals surface area (Å²) < 4.78 is 5.12. The smallest absolute Gasteiger partial charge is 0.255 e. The summed E-state index contributed by atoms with van der Waals surface area (Å²) in [7, 11) is 1.67. The number of benzene rings is 1. The quantitative estimate of drug-likeness (QED) is 0.874. The maximum Gasteiger partial charge on any atom is 0.255 e. The number of anilines is 1. The van der Waals surface area contributed by atoms with E-state index in [4.69, 9.17) is 33.7 Å². The van der Waals surface area contributed by atoms with E-state index in [1.165, 1.54) is 0 Å². The monoisotopic (exact) mass is 302 g/mol. The van der Waals surface area contributed by atoms with Gasteiger partial charge in [-0.1, -0.05) is 23.2 Å². The summed E-state index contributed by atoms with van der Waals surface area (Å²) in [5, 5.41) is 0.564. The number of hydrogen-bond acceptors (Lipinski definition) is 3. The molecule has 104 valence electrons. The second kappa shape index (κ2) is 5.99. The van der Waals surface area contributed by atoms with Crippen LogP contribution in [0.2, 0.25) is 10.0 Å². The van der Waals surface area contributed by atoms with Gasteiger partial charge in [-0.2, -0.15) is 0 Å². The third-order valence-electron chi connectivity index (χ3n) is 3.26. The van der Waals surface area contributed by atoms with E-state index < -0.39 is 0 Å². The fourth-order valence-electron chi connectivity index (χ4n) is 2.32. The number of halogens is 2. The SMILES string of the molecule is COCC1CCN(C(=O)c2cc(N)cc(Cl)c2Cl)C1. The van der Waals surface area contributed by atoms with Crippen LogP contribution in [-0.4, -0.2) is 37.6 Å². The molecule has 4 nitrogen and oxygen atoms in total. The molecule has 1 saturated heterocycles. The Morgan fingerprint density at radius 3 is 2.95 bits per heavy atom. The van der Waals surface area contributed by atoms with Crippen molar-refractivity contribution in [1.82, 2.24) is 4.90 Å². The lowest BCUT2D eigenvalue weighted by molar-refractivity contribution is 0.0775. The Labute approximate surface area is 122 Å². The molecule has 1 fully saturated rings. The molecule has 0 aliphatic carbocycles. The first-order valence-corrected chi connectivity index (χ1v) is 6.81. The van der Waals surface area contributed by atoms with Crippen molar-refractivity contribution < 1.29 is 9.53 Å². The van der Waals surface area contributed by atoms with E-state index in [2.05, 4.69) is 0 Å². The molecule has 6 heteroatoms. The van der Waals surface area contributed by atoms with Gasteiger partial charge < -0.3 is 15.4 Å². The van der Waals surface area contributed by atoms with Crippen LogP contribution in [0.4, 0.5) is 5.69 Å². The first-order valence-electron chi connectivity index (χ1n) is 6.05. The zero-order chi connectivity index (χ0) is 14.0. The van der Waals surface area contributed by atoms with Gasteiger partial charge in [0.25, 0.3) is 5.91 Å². The van der Waals surface area contributed by atoms with Gasteiger partial charge in [0.05, 0.1) is 22.2 Å². The van der Waals surface area contributed by atoms with Crippen LogP contribution in [-0.2, 0) is 4.74 Å². The van der Waals surface area contributed by atoms with Gasteiger partial charge in [0, 0.05) is 31.8 Å². The van der Waals surface area contributed by atoms with Crippen molar-refractivity contribution in [2.45, 2.75) is 6.42 Å². The second-order valence-corrected chi connectivity index (χ2v) is 5.51. The van der Waals surface area contributed by atoms with Gasteiger partial charge in [-0.15, -0.1) is 0 Å². The summed E-state index contributed by atoms with van der Waals surface area (Å²) in [5.74, 6) is 0.252. The lowest BCUT2D eigenvalue weighted by Crippen LogP contribution is -2.29. The molecule has 0 radical (unpaired) electrons. The highest BCUT2D eigenvalue weighted by molar-refractivity contribution is 6.44. The Morgan fingerprint density at radius 2 is 2.26 bits per heavy atom. The molecular weight excluding hydrogens is 287 g/mol. The lowest BCUT2D eigenvalue weighted by atomic mass is 10.1. The first-order chi connectivity index (χ1) is 9.02. The van der Waals surface area contributed by atoms with Crippen molar-refractivity contribution in [2.24, 2.45) is 5.92 Å². The fraction of sp³-hybridized carbons (Fsp3) is 0.462. The third-order valence-corrected chi connectivity index (χ3v) is 4.06. The van der Waals surface area contributed by atoms with Crippen molar-refractivity contribution in [2.75, 3.05) is 32.5 Å². The molecule has 0 bridgehead atoms. The number of nitrogen functional groups attached to an aromatic ring is 1. The van der Waals surface area contributed by atoms with Crippen molar-refractivity contribution in [3.63, 3.8) is 0 Å². The standard InChI is InChI=1S/C13H16Cl2N2O2/c1-19-7-8-2-3-17(6-8)13(18)10-4-9(16)5-11(14)12(10)15/h4-5,8H,2-3,6-7,16H2,1H3. The molecular formula is C13H16Cl2N2O2. The average Bonchev–Trinajstić information content (AvgIpc) is 2.82. The normalized spacial score (nSPS) is 18.9. The Morgan fingerprint density at radius 1 is 1.53 bits per heavy atom. The molecule has 1 unspecified atom stereocenters. The number of methoxy groups -OCH3 is 1. The van der Waals surface area contributed by atoms with Crippen LogP contribution in [0.25, 0.3) is 0 Å². The maximum absolute atomic E-state index is 12.4. The van der Waals surface area contributed by atoms with E-state index in [9.17, 15) is 4.79 Å². The van der Waals surface area contributed by atoms with Gasteiger partial charge in [0.15, 0.2) is 0 Å². The van der Waals surface area contributed by atoms with E-state index in [1.54, 1.807) is 24.1 Å². The maximum atomic E-state index is 12.4. The number of likely N-dealkylation sites (tertiary alicyclic amines) is 1. The van der Waals surface area contributed by atoms with Crippen molar-refractivity contribution in [1.29, 1.82) is 0 Å². The van der Waals surface area contributed by atoms with E-state index in [0.717, 1.165) is 6.42 Å². The minimum absolute atomic E-state index is 0.127. The minimum atomic E-state index is -0.127. The number of carbonyl (C=O) groups excluding carboxylic acids is 1. The van der Waals surface area contributed by atoms with Crippen LogP contribution < -0.4 is 5.73 Å². The molecule has 2 N–H and O–H groups in total. The van der Waals surface area contributed by atoms with Crippen LogP contribution >= 0.6 is 23.2 Å². The molecule has 1 atom stereocenters. The number of ether oxygens (including phenoxy) is 1. The van der Waals surface area contributed by atoms with Crippen molar-refractivity contribution in [3.05, 3.63) is 27.7 Å². The third kappa shape index (κ3) is 3.14. The Bertz CT molecular complexity index is 494. The molecule has 19 heavy (non-hydrogen) atoms. The summed E-state index contributed by atoms with van der Waals surface area (Å²) in [5.41, 5.74) is 6.51. The van der Waals surface area contributed by atoms with E-state index in [-0.39, 0.29) is 10.9 Å². The van der Waals surface area contributed by atoms with Crippen LogP contribution in [0, 0.1) is 5.92 Å². The zero-order valence-electron chi connectivity index (χ0n) is 10.7. The predicted molar refractivity (Wildman–Crippen MR) is 76.8 cm³/mol. The molecule has 2 rings (SSSR count). The molecule has 0 aromatic heterocycles. The number of nitrogens with zero attached hydrogens (tertiary/aromatic N) is 1. The number of rotatable bonds is 3. The fourth-order valence-corrected chi connectivity index (χ4v) is 2.74. The summed E-state index contributed by atoms with van der Waals surface area (Å²) in [6.07, 6.45) is 0.938. The first kappa shape index (κ1) is 14.4. The lowest BCUT2D eigenvalue weighted by Gasteiger charge is -2.18. The van der Waals surface area contributed by atoms with Crippen LogP contribution in [0.15, 0.2) is 12.1 Å². The van der Waals surface area contributed by atoms with Gasteiger partial charge in [-0.25, -0.2) is 0 Å². The van der Waals surface area contributed by atoms with Crippen molar-refractivity contribution in [3.8, 4) is 0 Å². The van der Waals surface area contributed by atoms with Gasteiger partial charge in [0.1, 0.15) is 0 Å². The molecule has 1 aliphatic heterocycles. The zero-order valence-corrected chi connectivity index (χ0v) is 12.2. The Hall–Kier alpha value is -0.970. The largest absolute Gasteiger partial charge is 0.399 e. The molecule has 1 heterocycles. The molecule has 1 amide bonds. The van der Waals surface area contributed by atoms with Crippen molar-refractivity contribution >= 4 is 34.8 Å². The molecule has 1 aromatic carbocycles. The second-order valence-electron chi connectivity index (χ2n) is 4.73. The minimum Gasteiger partial charge on any atom is -0.399 e. The van der Waals surface area contributed by atoms with E-state index >= 15 is 0 Å². The molecule has 1 aromatic rings. The Balaban J connectivity index is 2.17. The average molecular weight is 303 g/mol. The highest BCUT2D eigenvalue weighted by atomic mass is 35.5. The predicted octanol–water partition coefficient (Wildman–Crippen LogP) is 2.68. The van der Waals surface area contributed by atoms with Gasteiger partial charge in [0.2, 0.25) is 0 Å². The van der Waals surface area contributed by atoms with Gasteiger partial charge >= 0.3 is 0 Å². The summed E-state index contributed by atoms with van der Waals surface area (Å²) in [6, 6.07) is 3.11. The number of carbonyl (C=O) groups is 1. The molecule has 1 aliphatic rings. The highest BCUT2D eigenvalue weighted by Crippen LogP contribution is 2.30. The summed E-state index contributed by atoms with van der Waals surface area (Å²) in [4.78, 5) is 14.2. The summed E-state index contributed by atoms with van der Waals surface area (Å²) >= 11 is 12.0. The molecule has 0 saturated carbocycles. The summed E-state index contributed by atoms with van der Waals surface area (Å²) in [6.45, 7) is 2.04. The van der Waals surface area contributed by atoms with E-state index in [1.807, 2.05) is 0 Å². The Kier molecular flexibility index (Phi) is 4.55. The number of hydrogen-bond donors (Lipinski definition) is 1. The van der Waals surface area contributed by atoms with Crippen LogP contribution in [0.3, 0.4) is 0 Å². The van der Waals surface area contributed by atoms with E-state index in [0.29, 0.717) is 41.9 Å². The molecule has 0 spiro atoms. The van der Waals surface area contributed by atoms with Gasteiger partial charge in [-0.05, 0) is 18.6 Å². The number of amides is 1. The highest BCUT2D eigenvalue weighted by Gasteiger charge is 2.28. The van der Waals surface area contributed by atoms with Crippen LogP contribution in [0.5, 0.6) is 0 Å². The van der Waals surface area contributed by atoms with Gasteiger partial charge in [-0.3, -0.25) is 4.79 Å². The van der Waals surface area contributed by atoms with Crippen LogP contribution in [0.1, 0.15) is 16.8 Å². The topological polar surface area (TPSA) is 55.6 Å².